The zero-order valence-corrected chi connectivity index (χ0v) is 11.5. The van der Waals surface area contributed by atoms with Crippen molar-refractivity contribution in [1.29, 1.82) is 0 Å². The van der Waals surface area contributed by atoms with E-state index in [1.807, 2.05) is 12.1 Å². The van der Waals surface area contributed by atoms with Crippen LogP contribution in [0.5, 0.6) is 11.5 Å². The lowest BCUT2D eigenvalue weighted by atomic mass is 9.95. The van der Waals surface area contributed by atoms with E-state index < -0.39 is 0 Å². The molecule has 19 heavy (non-hydrogen) atoms. The highest BCUT2D eigenvalue weighted by Gasteiger charge is 2.30. The van der Waals surface area contributed by atoms with E-state index in [9.17, 15) is 0 Å². The second kappa shape index (κ2) is 5.57. The van der Waals surface area contributed by atoms with Crippen LogP contribution in [0.3, 0.4) is 0 Å². The third-order valence-corrected chi connectivity index (χ3v) is 3.95. The third-order valence-electron chi connectivity index (χ3n) is 3.67. The first kappa shape index (κ1) is 13.0. The Bertz CT molecular complexity index is 466. The molecule has 2 atom stereocenters. The molecule has 0 spiro atoms. The first-order valence-corrected chi connectivity index (χ1v) is 7.08. The van der Waals surface area contributed by atoms with Crippen LogP contribution in [0.15, 0.2) is 12.1 Å². The molecule has 1 aromatic carbocycles. The molecule has 2 N–H and O–H groups in total. The summed E-state index contributed by atoms with van der Waals surface area (Å²) in [6.45, 7) is 2.66. The Labute approximate surface area is 117 Å². The molecule has 2 aliphatic rings. The van der Waals surface area contributed by atoms with E-state index in [-0.39, 0.29) is 6.10 Å². The summed E-state index contributed by atoms with van der Waals surface area (Å²) in [6, 6.07) is 3.89. The number of hydrogen-bond donors (Lipinski definition) is 1. The summed E-state index contributed by atoms with van der Waals surface area (Å²) in [6.07, 6.45) is 1.87. The van der Waals surface area contributed by atoms with Gasteiger partial charge in [-0.05, 0) is 30.7 Å². The predicted octanol–water partition coefficient (Wildman–Crippen LogP) is 2.54. The molecule has 2 aliphatic heterocycles. The molecule has 104 valence electrons. The highest BCUT2D eigenvalue weighted by molar-refractivity contribution is 6.32. The van der Waals surface area contributed by atoms with Crippen LogP contribution >= 0.6 is 11.6 Å². The fraction of sp³-hybridized carbons (Fsp3) is 0.571. The predicted molar refractivity (Wildman–Crippen MR) is 72.9 cm³/mol. The zero-order chi connectivity index (χ0) is 13.2. The Kier molecular flexibility index (Phi) is 3.82. The van der Waals surface area contributed by atoms with Gasteiger partial charge in [-0.1, -0.05) is 11.6 Å². The average Bonchev–Trinajstić information content (AvgIpc) is 2.76. The monoisotopic (exact) mass is 283 g/mol. The van der Waals surface area contributed by atoms with Crippen LogP contribution in [0.25, 0.3) is 0 Å². The first-order valence-electron chi connectivity index (χ1n) is 6.70. The largest absolute Gasteiger partial charge is 0.489 e. The van der Waals surface area contributed by atoms with Gasteiger partial charge < -0.3 is 19.9 Å². The molecule has 5 heteroatoms. The van der Waals surface area contributed by atoms with Crippen LogP contribution in [0.1, 0.15) is 24.5 Å². The van der Waals surface area contributed by atoms with Crippen molar-refractivity contribution in [2.45, 2.75) is 18.9 Å². The molecule has 4 nitrogen and oxygen atoms in total. The maximum Gasteiger partial charge on any atom is 0.179 e. The molecule has 2 unspecified atom stereocenters. The van der Waals surface area contributed by atoms with E-state index in [0.717, 1.165) is 25.0 Å². The third kappa shape index (κ3) is 2.53. The minimum Gasteiger partial charge on any atom is -0.489 e. The molecule has 1 saturated heterocycles. The molecule has 0 radical (unpaired) electrons. The van der Waals surface area contributed by atoms with Crippen LogP contribution < -0.4 is 15.2 Å². The lowest BCUT2D eigenvalue weighted by molar-refractivity contribution is 0.0922. The molecule has 3 rings (SSSR count). The van der Waals surface area contributed by atoms with Crippen molar-refractivity contribution in [2.75, 3.05) is 26.4 Å². The Balaban J connectivity index is 1.94. The average molecular weight is 284 g/mol. The summed E-state index contributed by atoms with van der Waals surface area (Å²) in [7, 11) is 0. The number of fused-ring (bicyclic) bond motifs is 1. The molecule has 1 aromatic rings. The van der Waals surface area contributed by atoms with Gasteiger partial charge in [-0.25, -0.2) is 0 Å². The molecular weight excluding hydrogens is 266 g/mol. The molecule has 0 aromatic heterocycles. The minimum atomic E-state index is 0.0136. The SMILES string of the molecule is NCC1CCOC1c1cc(Cl)c2c(c1)OCCCO2. The normalized spacial score (nSPS) is 26.2. The van der Waals surface area contributed by atoms with Gasteiger partial charge >= 0.3 is 0 Å². The standard InChI is InChI=1S/C14H18ClNO3/c15-11-6-10(13-9(8-16)2-5-19-13)7-12-14(11)18-4-1-3-17-12/h6-7,9,13H,1-5,8,16H2. The van der Waals surface area contributed by atoms with Gasteiger partial charge in [-0.15, -0.1) is 0 Å². The van der Waals surface area contributed by atoms with Gasteiger partial charge in [0.15, 0.2) is 11.5 Å². The van der Waals surface area contributed by atoms with Crippen molar-refractivity contribution in [3.63, 3.8) is 0 Å². The summed E-state index contributed by atoms with van der Waals surface area (Å²) in [5, 5.41) is 0.584. The van der Waals surface area contributed by atoms with Crippen molar-refractivity contribution < 1.29 is 14.2 Å². The molecular formula is C14H18ClNO3. The number of rotatable bonds is 2. The van der Waals surface area contributed by atoms with E-state index in [1.165, 1.54) is 0 Å². The van der Waals surface area contributed by atoms with E-state index in [1.54, 1.807) is 0 Å². The van der Waals surface area contributed by atoms with Gasteiger partial charge in [0.05, 0.1) is 24.3 Å². The Morgan fingerprint density at radius 1 is 1.21 bits per heavy atom. The number of halogens is 1. The summed E-state index contributed by atoms with van der Waals surface area (Å²) < 4.78 is 17.1. The van der Waals surface area contributed by atoms with Crippen LogP contribution in [0.2, 0.25) is 5.02 Å². The fourth-order valence-corrected chi connectivity index (χ4v) is 2.93. The zero-order valence-electron chi connectivity index (χ0n) is 10.7. The van der Waals surface area contributed by atoms with Crippen LogP contribution in [-0.2, 0) is 4.74 Å². The lowest BCUT2D eigenvalue weighted by Gasteiger charge is -2.19. The van der Waals surface area contributed by atoms with E-state index in [4.69, 9.17) is 31.5 Å². The highest BCUT2D eigenvalue weighted by atomic mass is 35.5. The molecule has 1 fully saturated rings. The number of hydrogen-bond acceptors (Lipinski definition) is 4. The summed E-state index contributed by atoms with van der Waals surface area (Å²) in [5.41, 5.74) is 6.82. The Morgan fingerprint density at radius 2 is 2.05 bits per heavy atom. The van der Waals surface area contributed by atoms with Crippen LogP contribution in [-0.4, -0.2) is 26.4 Å². The van der Waals surface area contributed by atoms with Crippen molar-refractivity contribution in [3.05, 3.63) is 22.7 Å². The van der Waals surface area contributed by atoms with Gasteiger partial charge in [0.25, 0.3) is 0 Å². The molecule has 0 saturated carbocycles. The van der Waals surface area contributed by atoms with Crippen molar-refractivity contribution in [2.24, 2.45) is 11.7 Å². The van der Waals surface area contributed by atoms with E-state index in [0.29, 0.717) is 42.2 Å². The smallest absolute Gasteiger partial charge is 0.179 e. The minimum absolute atomic E-state index is 0.0136. The van der Waals surface area contributed by atoms with Gasteiger partial charge in [-0.2, -0.15) is 0 Å². The molecule has 0 bridgehead atoms. The van der Waals surface area contributed by atoms with E-state index in [2.05, 4.69) is 0 Å². The molecule has 2 heterocycles. The van der Waals surface area contributed by atoms with Gasteiger partial charge in [0.1, 0.15) is 0 Å². The number of ether oxygens (including phenoxy) is 3. The summed E-state index contributed by atoms with van der Waals surface area (Å²) in [4.78, 5) is 0. The first-order chi connectivity index (χ1) is 9.29. The second-order valence-corrected chi connectivity index (χ2v) is 5.36. The van der Waals surface area contributed by atoms with Gasteiger partial charge in [-0.3, -0.25) is 0 Å². The summed E-state index contributed by atoms with van der Waals surface area (Å²) >= 11 is 6.30. The topological polar surface area (TPSA) is 53.7 Å². The summed E-state index contributed by atoms with van der Waals surface area (Å²) in [5.74, 6) is 1.71. The van der Waals surface area contributed by atoms with Gasteiger partial charge in [0.2, 0.25) is 0 Å². The molecule has 0 amide bonds. The van der Waals surface area contributed by atoms with E-state index >= 15 is 0 Å². The van der Waals surface area contributed by atoms with Crippen molar-refractivity contribution in [3.8, 4) is 11.5 Å². The quantitative estimate of drug-likeness (QED) is 0.906. The lowest BCUT2D eigenvalue weighted by Crippen LogP contribution is -2.18. The van der Waals surface area contributed by atoms with Crippen LogP contribution in [0.4, 0.5) is 0 Å². The fourth-order valence-electron chi connectivity index (χ4n) is 2.66. The maximum absolute atomic E-state index is 6.30. The Morgan fingerprint density at radius 3 is 2.89 bits per heavy atom. The second-order valence-electron chi connectivity index (χ2n) is 4.96. The number of benzene rings is 1. The highest BCUT2D eigenvalue weighted by Crippen LogP contribution is 2.43. The maximum atomic E-state index is 6.30. The number of nitrogens with two attached hydrogens (primary N) is 1. The Hall–Kier alpha value is -0.970. The van der Waals surface area contributed by atoms with Crippen molar-refractivity contribution >= 4 is 11.6 Å². The molecule has 0 aliphatic carbocycles. The van der Waals surface area contributed by atoms with Crippen LogP contribution in [0, 0.1) is 5.92 Å². The van der Waals surface area contributed by atoms with Crippen molar-refractivity contribution in [1.82, 2.24) is 0 Å². The van der Waals surface area contributed by atoms with Gasteiger partial charge in [0, 0.05) is 18.9 Å².